The van der Waals surface area contributed by atoms with Crippen molar-refractivity contribution in [3.05, 3.63) is 40.4 Å². The van der Waals surface area contributed by atoms with Crippen molar-refractivity contribution in [1.82, 2.24) is 9.55 Å². The van der Waals surface area contributed by atoms with E-state index in [1.54, 1.807) is 23.6 Å². The van der Waals surface area contributed by atoms with Crippen molar-refractivity contribution in [3.8, 4) is 0 Å². The first-order chi connectivity index (χ1) is 11.5. The van der Waals surface area contributed by atoms with E-state index < -0.39 is 12.1 Å². The highest BCUT2D eigenvalue weighted by Gasteiger charge is 2.28. The molecule has 2 aromatic rings. The third-order valence-corrected chi connectivity index (χ3v) is 4.23. The Balaban J connectivity index is 1.84. The third kappa shape index (κ3) is 3.37. The summed E-state index contributed by atoms with van der Waals surface area (Å²) in [7, 11) is 0. The number of ether oxygens (including phenoxy) is 1. The van der Waals surface area contributed by atoms with Crippen molar-refractivity contribution in [1.29, 1.82) is 0 Å². The van der Waals surface area contributed by atoms with E-state index in [9.17, 15) is 14.4 Å². The third-order valence-electron chi connectivity index (χ3n) is 4.23. The van der Waals surface area contributed by atoms with Crippen LogP contribution in [0.2, 0.25) is 0 Å². The molecule has 1 saturated carbocycles. The lowest BCUT2D eigenvalue weighted by molar-refractivity contribution is -0.153. The highest BCUT2D eigenvalue weighted by Crippen LogP contribution is 2.34. The maximum Gasteiger partial charge on any atom is 0.306 e. The fourth-order valence-corrected chi connectivity index (χ4v) is 2.63. The van der Waals surface area contributed by atoms with Crippen LogP contribution < -0.4 is 5.56 Å². The van der Waals surface area contributed by atoms with E-state index >= 15 is 0 Å². The first-order valence-electron chi connectivity index (χ1n) is 8.17. The summed E-state index contributed by atoms with van der Waals surface area (Å²) in [6.07, 6.45) is 1.58. The molecule has 0 spiro atoms. The molecule has 6 heteroatoms. The van der Waals surface area contributed by atoms with Gasteiger partial charge < -0.3 is 4.74 Å². The van der Waals surface area contributed by atoms with Crippen LogP contribution in [0.5, 0.6) is 0 Å². The lowest BCUT2D eigenvalue weighted by Crippen LogP contribution is -2.26. The quantitative estimate of drug-likeness (QED) is 0.760. The Morgan fingerprint density at radius 2 is 2.04 bits per heavy atom. The molecule has 0 N–H and O–H groups in total. The SMILES string of the molecule is CC(=O)C(C)OC(=O)CCc1nc2ccccc2c(=O)n1C1CC1. The molecule has 1 fully saturated rings. The number of rotatable bonds is 6. The number of hydrogen-bond donors (Lipinski definition) is 0. The number of para-hydroxylation sites is 1. The Bertz CT molecular complexity index is 852. The van der Waals surface area contributed by atoms with E-state index in [-0.39, 0.29) is 23.8 Å². The number of ketones is 1. The van der Waals surface area contributed by atoms with Crippen molar-refractivity contribution in [2.75, 3.05) is 0 Å². The van der Waals surface area contributed by atoms with E-state index in [2.05, 4.69) is 4.98 Å². The second kappa shape index (κ2) is 6.55. The molecule has 0 aliphatic heterocycles. The maximum absolute atomic E-state index is 12.7. The van der Waals surface area contributed by atoms with Gasteiger partial charge in [0.05, 0.1) is 17.3 Å². The van der Waals surface area contributed by atoms with Gasteiger partial charge >= 0.3 is 5.97 Å². The molecule has 1 aliphatic carbocycles. The van der Waals surface area contributed by atoms with E-state index in [4.69, 9.17) is 4.74 Å². The largest absolute Gasteiger partial charge is 0.455 e. The fourth-order valence-electron chi connectivity index (χ4n) is 2.63. The first-order valence-corrected chi connectivity index (χ1v) is 8.17. The molecule has 24 heavy (non-hydrogen) atoms. The molecule has 0 saturated heterocycles. The standard InChI is InChI=1S/C18H20N2O4/c1-11(21)12(2)24-17(22)10-9-16-19-15-6-4-3-5-14(15)18(23)20(16)13-7-8-13/h3-6,12-13H,7-10H2,1-2H3. The number of Topliss-reactive ketones (excluding diaryl/α,β-unsaturated/α-hetero) is 1. The Hall–Kier alpha value is -2.50. The summed E-state index contributed by atoms with van der Waals surface area (Å²) >= 11 is 0. The van der Waals surface area contributed by atoms with Gasteiger partial charge in [-0.25, -0.2) is 4.98 Å². The first kappa shape index (κ1) is 16.4. The Kier molecular flexibility index (Phi) is 4.46. The summed E-state index contributed by atoms with van der Waals surface area (Å²) in [4.78, 5) is 40.3. The smallest absolute Gasteiger partial charge is 0.306 e. The predicted octanol–water partition coefficient (Wildman–Crippen LogP) is 2.18. The lowest BCUT2D eigenvalue weighted by Gasteiger charge is -2.13. The van der Waals surface area contributed by atoms with Crippen LogP contribution in [0.4, 0.5) is 0 Å². The predicted molar refractivity (Wildman–Crippen MR) is 88.8 cm³/mol. The van der Waals surface area contributed by atoms with Gasteiger partial charge in [0.15, 0.2) is 11.9 Å². The molecule has 0 radical (unpaired) electrons. The van der Waals surface area contributed by atoms with Crippen LogP contribution in [0, 0.1) is 0 Å². The van der Waals surface area contributed by atoms with Crippen molar-refractivity contribution >= 4 is 22.7 Å². The summed E-state index contributed by atoms with van der Waals surface area (Å²) in [6, 6.07) is 7.41. The molecule has 1 atom stereocenters. The van der Waals surface area contributed by atoms with Gasteiger partial charge in [-0.2, -0.15) is 0 Å². The number of fused-ring (bicyclic) bond motifs is 1. The van der Waals surface area contributed by atoms with Gasteiger partial charge in [-0.05, 0) is 38.8 Å². The molecule has 126 valence electrons. The zero-order valence-electron chi connectivity index (χ0n) is 13.8. The molecule has 1 heterocycles. The summed E-state index contributed by atoms with van der Waals surface area (Å²) < 4.78 is 6.78. The van der Waals surface area contributed by atoms with Gasteiger partial charge in [0.1, 0.15) is 5.82 Å². The average Bonchev–Trinajstić information content (AvgIpc) is 3.37. The van der Waals surface area contributed by atoms with Gasteiger partial charge in [-0.3, -0.25) is 19.0 Å². The number of aromatic nitrogens is 2. The molecule has 6 nitrogen and oxygen atoms in total. The molecule has 1 aromatic heterocycles. The number of nitrogens with zero attached hydrogens (tertiary/aromatic N) is 2. The minimum Gasteiger partial charge on any atom is -0.455 e. The highest BCUT2D eigenvalue weighted by atomic mass is 16.5. The van der Waals surface area contributed by atoms with Crippen molar-refractivity contribution < 1.29 is 14.3 Å². The van der Waals surface area contributed by atoms with E-state index in [0.717, 1.165) is 12.8 Å². The number of carbonyl (C=O) groups is 2. The molecule has 3 rings (SSSR count). The number of esters is 1. The van der Waals surface area contributed by atoms with E-state index in [0.29, 0.717) is 23.1 Å². The normalized spacial score (nSPS) is 15.2. The molecule has 1 unspecified atom stereocenters. The molecule has 0 bridgehead atoms. The molecule has 1 aromatic carbocycles. The van der Waals surface area contributed by atoms with Gasteiger partial charge in [0, 0.05) is 12.5 Å². The number of aryl methyl sites for hydroxylation is 1. The van der Waals surface area contributed by atoms with Crippen LogP contribution >= 0.6 is 0 Å². The van der Waals surface area contributed by atoms with Crippen LogP contribution in [0.1, 0.15) is 45.0 Å². The minimum atomic E-state index is -0.743. The summed E-state index contributed by atoms with van der Waals surface area (Å²) in [6.45, 7) is 2.93. The van der Waals surface area contributed by atoms with Crippen LogP contribution in [-0.4, -0.2) is 27.4 Å². The topological polar surface area (TPSA) is 78.3 Å². The van der Waals surface area contributed by atoms with Crippen LogP contribution in [0.3, 0.4) is 0 Å². The summed E-state index contributed by atoms with van der Waals surface area (Å²) in [5.74, 6) is -0.0434. The van der Waals surface area contributed by atoms with Gasteiger partial charge in [0.25, 0.3) is 5.56 Å². The van der Waals surface area contributed by atoms with Gasteiger partial charge in [-0.1, -0.05) is 12.1 Å². The van der Waals surface area contributed by atoms with Gasteiger partial charge in [-0.15, -0.1) is 0 Å². The Morgan fingerprint density at radius 1 is 1.33 bits per heavy atom. The lowest BCUT2D eigenvalue weighted by atomic mass is 10.2. The number of carbonyl (C=O) groups excluding carboxylic acids is 2. The summed E-state index contributed by atoms with van der Waals surface area (Å²) in [5, 5.41) is 0.598. The second-order valence-electron chi connectivity index (χ2n) is 6.19. The fraction of sp³-hybridized carbons (Fsp3) is 0.444. The zero-order valence-corrected chi connectivity index (χ0v) is 13.8. The molecule has 0 amide bonds. The van der Waals surface area contributed by atoms with Crippen molar-refractivity contribution in [2.45, 2.75) is 51.7 Å². The van der Waals surface area contributed by atoms with Gasteiger partial charge in [0.2, 0.25) is 0 Å². The molecular weight excluding hydrogens is 308 g/mol. The Morgan fingerprint density at radius 3 is 2.71 bits per heavy atom. The number of benzene rings is 1. The van der Waals surface area contributed by atoms with E-state index in [1.165, 1.54) is 6.92 Å². The summed E-state index contributed by atoms with van der Waals surface area (Å²) in [5.41, 5.74) is 0.587. The van der Waals surface area contributed by atoms with Crippen molar-refractivity contribution in [3.63, 3.8) is 0 Å². The second-order valence-corrected chi connectivity index (χ2v) is 6.19. The molecular formula is C18H20N2O4. The zero-order chi connectivity index (χ0) is 17.3. The van der Waals surface area contributed by atoms with Crippen LogP contribution in [0.25, 0.3) is 10.9 Å². The highest BCUT2D eigenvalue weighted by molar-refractivity contribution is 5.83. The van der Waals surface area contributed by atoms with Crippen LogP contribution in [0.15, 0.2) is 29.1 Å². The van der Waals surface area contributed by atoms with E-state index in [1.807, 2.05) is 12.1 Å². The van der Waals surface area contributed by atoms with Crippen molar-refractivity contribution in [2.24, 2.45) is 0 Å². The minimum absolute atomic E-state index is 0.0522. The molecule has 1 aliphatic rings. The van der Waals surface area contributed by atoms with Crippen LogP contribution in [-0.2, 0) is 20.7 Å². The number of hydrogen-bond acceptors (Lipinski definition) is 5. The maximum atomic E-state index is 12.7. The average molecular weight is 328 g/mol. The monoisotopic (exact) mass is 328 g/mol. The Labute approximate surface area is 139 Å².